The van der Waals surface area contributed by atoms with Crippen LogP contribution in [-0.2, 0) is 0 Å². The molecule has 2 aromatic heterocycles. The van der Waals surface area contributed by atoms with Gasteiger partial charge in [-0.05, 0) is 43.2 Å². The van der Waals surface area contributed by atoms with Crippen molar-refractivity contribution in [3.63, 3.8) is 0 Å². The zero-order valence-electron chi connectivity index (χ0n) is 13.7. The minimum absolute atomic E-state index is 0.0160. The molecule has 0 unspecified atom stereocenters. The van der Waals surface area contributed by atoms with Gasteiger partial charge in [-0.1, -0.05) is 29.4 Å². The number of para-hydroxylation sites is 1. The monoisotopic (exact) mass is 333 g/mol. The summed E-state index contributed by atoms with van der Waals surface area (Å²) in [7, 11) is 0. The van der Waals surface area contributed by atoms with Crippen LogP contribution >= 0.6 is 0 Å². The molecule has 0 radical (unpaired) electrons. The molecular formula is C19H15N3O3. The average Bonchev–Trinajstić information content (AvgIpc) is 3.07. The molecule has 2 heterocycles. The fraction of sp³-hybridized carbons (Fsp3) is 0.105. The molecule has 0 aliphatic carbocycles. The second kappa shape index (κ2) is 5.59. The molecule has 4 rings (SSSR count). The zero-order chi connectivity index (χ0) is 17.6. The van der Waals surface area contributed by atoms with Crippen LogP contribution in [0, 0.1) is 13.8 Å². The van der Waals surface area contributed by atoms with E-state index < -0.39 is 5.56 Å². The maximum Gasteiger partial charge on any atom is 0.267 e. The fourth-order valence-electron chi connectivity index (χ4n) is 2.75. The number of aromatic nitrogens is 3. The second-order valence-corrected chi connectivity index (χ2v) is 5.95. The number of benzene rings is 2. The summed E-state index contributed by atoms with van der Waals surface area (Å²) >= 11 is 0. The zero-order valence-corrected chi connectivity index (χ0v) is 13.7. The summed E-state index contributed by atoms with van der Waals surface area (Å²) in [5.41, 5.74) is 3.09. The second-order valence-electron chi connectivity index (χ2n) is 5.95. The van der Waals surface area contributed by atoms with E-state index in [2.05, 4.69) is 15.1 Å². The van der Waals surface area contributed by atoms with Crippen LogP contribution < -0.4 is 5.56 Å². The van der Waals surface area contributed by atoms with Crippen molar-refractivity contribution in [2.75, 3.05) is 0 Å². The number of hydrogen-bond acceptors (Lipinski definition) is 5. The van der Waals surface area contributed by atoms with Gasteiger partial charge in [-0.25, -0.2) is 0 Å². The lowest BCUT2D eigenvalue weighted by Gasteiger charge is -2.03. The molecular weight excluding hydrogens is 318 g/mol. The normalized spacial score (nSPS) is 11.1. The number of rotatable bonds is 2. The van der Waals surface area contributed by atoms with Crippen LogP contribution in [0.3, 0.4) is 0 Å². The van der Waals surface area contributed by atoms with Gasteiger partial charge in [-0.15, -0.1) is 0 Å². The van der Waals surface area contributed by atoms with Crippen LogP contribution in [0.4, 0.5) is 0 Å². The molecule has 0 aliphatic heterocycles. The van der Waals surface area contributed by atoms with E-state index in [-0.39, 0.29) is 17.2 Å². The molecule has 2 aromatic carbocycles. The Bertz CT molecular complexity index is 1160. The highest BCUT2D eigenvalue weighted by Crippen LogP contribution is 2.32. The van der Waals surface area contributed by atoms with E-state index in [0.29, 0.717) is 16.7 Å². The number of hydrogen-bond donors (Lipinski definition) is 2. The van der Waals surface area contributed by atoms with E-state index >= 15 is 0 Å². The number of aromatic amines is 1. The van der Waals surface area contributed by atoms with Crippen LogP contribution in [0.1, 0.15) is 11.1 Å². The molecule has 6 heteroatoms. The predicted octanol–water partition coefficient (Wildman–Crippen LogP) is 3.57. The third-order valence-corrected chi connectivity index (χ3v) is 4.30. The van der Waals surface area contributed by atoms with Crippen molar-refractivity contribution in [2.45, 2.75) is 13.8 Å². The number of nitrogens with zero attached hydrogens (tertiary/aromatic N) is 2. The summed E-state index contributed by atoms with van der Waals surface area (Å²) in [5, 5.41) is 15.0. The first-order chi connectivity index (χ1) is 12.0. The van der Waals surface area contributed by atoms with Gasteiger partial charge in [0.15, 0.2) is 0 Å². The Kier molecular flexibility index (Phi) is 3.39. The third-order valence-electron chi connectivity index (χ3n) is 4.30. The highest BCUT2D eigenvalue weighted by molar-refractivity contribution is 5.90. The maximum absolute atomic E-state index is 12.4. The van der Waals surface area contributed by atoms with Gasteiger partial charge in [0.05, 0.1) is 5.52 Å². The largest absolute Gasteiger partial charge is 0.506 e. The number of pyridine rings is 1. The average molecular weight is 333 g/mol. The molecule has 0 aliphatic rings. The summed E-state index contributed by atoms with van der Waals surface area (Å²) in [6.07, 6.45) is 0. The lowest BCUT2D eigenvalue weighted by molar-refractivity contribution is 0.426. The van der Waals surface area contributed by atoms with Crippen LogP contribution in [0.2, 0.25) is 0 Å². The molecule has 0 saturated heterocycles. The van der Waals surface area contributed by atoms with Gasteiger partial charge in [0.2, 0.25) is 5.82 Å². The molecule has 4 aromatic rings. The molecule has 2 N–H and O–H groups in total. The Hall–Kier alpha value is -3.41. The van der Waals surface area contributed by atoms with Gasteiger partial charge < -0.3 is 14.6 Å². The van der Waals surface area contributed by atoms with E-state index in [9.17, 15) is 9.90 Å². The first-order valence-electron chi connectivity index (χ1n) is 7.80. The number of fused-ring (bicyclic) bond motifs is 1. The first kappa shape index (κ1) is 15.1. The van der Waals surface area contributed by atoms with Crippen molar-refractivity contribution < 1.29 is 9.63 Å². The molecule has 0 spiro atoms. The molecule has 124 valence electrons. The quantitative estimate of drug-likeness (QED) is 0.585. The molecule has 6 nitrogen and oxygen atoms in total. The van der Waals surface area contributed by atoms with E-state index in [1.807, 2.05) is 32.0 Å². The molecule has 0 amide bonds. The highest BCUT2D eigenvalue weighted by atomic mass is 16.5. The summed E-state index contributed by atoms with van der Waals surface area (Å²) < 4.78 is 5.24. The van der Waals surface area contributed by atoms with Gasteiger partial charge in [-0.3, -0.25) is 4.79 Å². The van der Waals surface area contributed by atoms with Crippen LogP contribution in [0.15, 0.2) is 51.8 Å². The lowest BCUT2D eigenvalue weighted by Crippen LogP contribution is -2.09. The van der Waals surface area contributed by atoms with Gasteiger partial charge in [-0.2, -0.15) is 4.98 Å². The van der Waals surface area contributed by atoms with Crippen molar-refractivity contribution in [1.29, 1.82) is 0 Å². The van der Waals surface area contributed by atoms with E-state index in [1.54, 1.807) is 24.3 Å². The Balaban J connectivity index is 1.87. The molecule has 0 fully saturated rings. The molecule has 0 saturated carbocycles. The molecule has 25 heavy (non-hydrogen) atoms. The van der Waals surface area contributed by atoms with Gasteiger partial charge in [0.25, 0.3) is 11.4 Å². The Morgan fingerprint density at radius 1 is 1.08 bits per heavy atom. The van der Waals surface area contributed by atoms with Crippen molar-refractivity contribution >= 4 is 10.9 Å². The lowest BCUT2D eigenvalue weighted by atomic mass is 10.1. The van der Waals surface area contributed by atoms with E-state index in [1.165, 1.54) is 0 Å². The van der Waals surface area contributed by atoms with Gasteiger partial charge in [0.1, 0.15) is 11.3 Å². The Morgan fingerprint density at radius 2 is 1.88 bits per heavy atom. The van der Waals surface area contributed by atoms with Crippen molar-refractivity contribution in [2.24, 2.45) is 0 Å². The highest BCUT2D eigenvalue weighted by Gasteiger charge is 2.20. The minimum Gasteiger partial charge on any atom is -0.506 e. The first-order valence-corrected chi connectivity index (χ1v) is 7.80. The number of aryl methyl sites for hydroxylation is 2. The minimum atomic E-state index is -0.480. The van der Waals surface area contributed by atoms with Crippen LogP contribution in [0.25, 0.3) is 33.7 Å². The van der Waals surface area contributed by atoms with Crippen molar-refractivity contribution in [3.05, 3.63) is 63.9 Å². The fourth-order valence-corrected chi connectivity index (χ4v) is 2.75. The molecule has 0 bridgehead atoms. The summed E-state index contributed by atoms with van der Waals surface area (Å²) in [4.78, 5) is 19.4. The standard InChI is InChI=1S/C19H15N3O3/c1-10-7-8-12(9-11(10)2)17-21-19(25-22-17)15-16(23)13-5-3-4-6-14(13)20-18(15)24/h3-9H,1-2H3,(H2,20,23,24). The number of aromatic hydroxyl groups is 1. The van der Waals surface area contributed by atoms with E-state index in [4.69, 9.17) is 4.52 Å². The third kappa shape index (κ3) is 2.48. The smallest absolute Gasteiger partial charge is 0.267 e. The number of H-pyrrole nitrogens is 1. The van der Waals surface area contributed by atoms with E-state index in [0.717, 1.165) is 16.7 Å². The summed E-state index contributed by atoms with van der Waals surface area (Å²) in [5.74, 6) is 0.178. The van der Waals surface area contributed by atoms with Crippen LogP contribution in [0.5, 0.6) is 5.75 Å². The summed E-state index contributed by atoms with van der Waals surface area (Å²) in [6, 6.07) is 12.8. The maximum atomic E-state index is 12.4. The van der Waals surface area contributed by atoms with Crippen molar-refractivity contribution in [1.82, 2.24) is 15.1 Å². The Labute approximate surface area is 142 Å². The topological polar surface area (TPSA) is 92.0 Å². The van der Waals surface area contributed by atoms with Crippen molar-refractivity contribution in [3.8, 4) is 28.6 Å². The molecule has 0 atom stereocenters. The SMILES string of the molecule is Cc1ccc(-c2noc(-c3c(O)c4ccccc4[nH]c3=O)n2)cc1C. The van der Waals surface area contributed by atoms with Gasteiger partial charge in [0, 0.05) is 10.9 Å². The van der Waals surface area contributed by atoms with Gasteiger partial charge >= 0.3 is 0 Å². The van der Waals surface area contributed by atoms with Crippen LogP contribution in [-0.4, -0.2) is 20.2 Å². The number of nitrogens with one attached hydrogen (secondary N) is 1. The Morgan fingerprint density at radius 3 is 2.68 bits per heavy atom. The summed E-state index contributed by atoms with van der Waals surface area (Å²) in [6.45, 7) is 4.02. The predicted molar refractivity (Wildman–Crippen MR) is 94.4 cm³/mol.